The van der Waals surface area contributed by atoms with Crippen LogP contribution in [0.3, 0.4) is 0 Å². The summed E-state index contributed by atoms with van der Waals surface area (Å²) in [5.41, 5.74) is 0.874. The molecule has 4 nitrogen and oxygen atoms in total. The van der Waals surface area contributed by atoms with Crippen LogP contribution in [-0.4, -0.2) is 36.2 Å². The molecule has 20 heavy (non-hydrogen) atoms. The van der Waals surface area contributed by atoms with Crippen molar-refractivity contribution >= 4 is 11.6 Å². The van der Waals surface area contributed by atoms with Gasteiger partial charge in [0.2, 0.25) is 5.91 Å². The Kier molecular flexibility index (Phi) is 15.2. The molecule has 1 rings (SSSR count). The number of carbonyl (C=O) groups is 1. The van der Waals surface area contributed by atoms with E-state index in [1.807, 2.05) is 46.4 Å². The molecule has 0 aromatic rings. The minimum absolute atomic E-state index is 0.191. The van der Waals surface area contributed by atoms with Gasteiger partial charge in [0, 0.05) is 13.1 Å². The van der Waals surface area contributed by atoms with Crippen LogP contribution in [0.5, 0.6) is 0 Å². The summed E-state index contributed by atoms with van der Waals surface area (Å²) in [6.45, 7) is 16.2. The number of oxime groups is 1. The molecule has 120 valence electrons. The van der Waals surface area contributed by atoms with Crippen molar-refractivity contribution in [1.29, 1.82) is 0 Å². The van der Waals surface area contributed by atoms with E-state index in [0.29, 0.717) is 13.0 Å². The van der Waals surface area contributed by atoms with E-state index in [-0.39, 0.29) is 5.91 Å². The van der Waals surface area contributed by atoms with E-state index in [2.05, 4.69) is 12.1 Å². The molecule has 0 unspecified atom stereocenters. The van der Waals surface area contributed by atoms with Crippen molar-refractivity contribution in [2.24, 2.45) is 11.1 Å². The van der Waals surface area contributed by atoms with Crippen molar-refractivity contribution in [1.82, 2.24) is 4.90 Å². The topological polar surface area (TPSA) is 41.9 Å². The number of likely N-dealkylation sites (tertiary alicyclic amines) is 1. The van der Waals surface area contributed by atoms with Gasteiger partial charge >= 0.3 is 0 Å². The maximum atomic E-state index is 11.7. The van der Waals surface area contributed by atoms with E-state index in [9.17, 15) is 4.79 Å². The van der Waals surface area contributed by atoms with Gasteiger partial charge in [-0.05, 0) is 32.6 Å². The summed E-state index contributed by atoms with van der Waals surface area (Å²) < 4.78 is 0. The second-order valence-electron chi connectivity index (χ2n) is 4.69. The van der Waals surface area contributed by atoms with E-state index >= 15 is 0 Å². The predicted molar refractivity (Wildman–Crippen MR) is 87.0 cm³/mol. The first-order valence-corrected chi connectivity index (χ1v) is 8.00. The third-order valence-electron chi connectivity index (χ3n) is 2.79. The van der Waals surface area contributed by atoms with Crippen LogP contribution in [0.15, 0.2) is 5.16 Å². The maximum absolute atomic E-state index is 11.7. The second kappa shape index (κ2) is 14.4. The van der Waals surface area contributed by atoms with Gasteiger partial charge in [-0.2, -0.15) is 0 Å². The van der Waals surface area contributed by atoms with Gasteiger partial charge in [-0.15, -0.1) is 0 Å². The SMILES string of the molecule is CC.CC.CC(C)=NOCCC(=O)N1CCC(C)CC1. The average molecular weight is 286 g/mol. The summed E-state index contributed by atoms with van der Waals surface area (Å²) in [5.74, 6) is 0.948. The van der Waals surface area contributed by atoms with Gasteiger partial charge in [0.1, 0.15) is 6.61 Å². The highest BCUT2D eigenvalue weighted by Gasteiger charge is 2.19. The molecule has 4 heteroatoms. The predicted octanol–water partition coefficient (Wildman–Crippen LogP) is 4.10. The summed E-state index contributed by atoms with van der Waals surface area (Å²) in [6.07, 6.45) is 2.68. The molecular formula is C16H34N2O2. The van der Waals surface area contributed by atoms with Crippen LogP contribution in [0.4, 0.5) is 0 Å². The van der Waals surface area contributed by atoms with Crippen LogP contribution >= 0.6 is 0 Å². The lowest BCUT2D eigenvalue weighted by atomic mass is 9.99. The van der Waals surface area contributed by atoms with Crippen molar-refractivity contribution in [2.45, 2.75) is 67.7 Å². The van der Waals surface area contributed by atoms with Gasteiger partial charge in [-0.25, -0.2) is 0 Å². The minimum atomic E-state index is 0.191. The second-order valence-corrected chi connectivity index (χ2v) is 4.69. The summed E-state index contributed by atoms with van der Waals surface area (Å²) in [7, 11) is 0. The Morgan fingerprint density at radius 2 is 1.65 bits per heavy atom. The van der Waals surface area contributed by atoms with E-state index in [0.717, 1.165) is 37.6 Å². The maximum Gasteiger partial charge on any atom is 0.226 e. The lowest BCUT2D eigenvalue weighted by Crippen LogP contribution is -2.38. The molecule has 0 aliphatic carbocycles. The first kappa shape index (κ1) is 21.2. The molecule has 1 fully saturated rings. The Labute approximate surface area is 125 Å². The van der Waals surface area contributed by atoms with Crippen LogP contribution in [0.1, 0.15) is 67.7 Å². The molecule has 0 N–H and O–H groups in total. The number of piperidine rings is 1. The minimum Gasteiger partial charge on any atom is -0.395 e. The van der Waals surface area contributed by atoms with E-state index in [1.165, 1.54) is 0 Å². The Morgan fingerprint density at radius 1 is 1.15 bits per heavy atom. The highest BCUT2D eigenvalue weighted by Crippen LogP contribution is 2.16. The average Bonchev–Trinajstić information content (AvgIpc) is 2.48. The fourth-order valence-corrected chi connectivity index (χ4v) is 1.72. The van der Waals surface area contributed by atoms with Crippen molar-refractivity contribution in [2.75, 3.05) is 19.7 Å². The van der Waals surface area contributed by atoms with Gasteiger partial charge in [-0.1, -0.05) is 39.8 Å². The van der Waals surface area contributed by atoms with Crippen LogP contribution < -0.4 is 0 Å². The van der Waals surface area contributed by atoms with Crippen LogP contribution in [0.25, 0.3) is 0 Å². The quantitative estimate of drug-likeness (QED) is 0.443. The molecule has 0 bridgehead atoms. The van der Waals surface area contributed by atoms with Gasteiger partial charge in [0.25, 0.3) is 0 Å². The van der Waals surface area contributed by atoms with E-state index in [1.54, 1.807) is 0 Å². The summed E-state index contributed by atoms with van der Waals surface area (Å²) in [4.78, 5) is 18.7. The highest BCUT2D eigenvalue weighted by atomic mass is 16.6. The van der Waals surface area contributed by atoms with Crippen LogP contribution in [-0.2, 0) is 9.63 Å². The van der Waals surface area contributed by atoms with E-state index < -0.39 is 0 Å². The summed E-state index contributed by atoms with van der Waals surface area (Å²) in [6, 6.07) is 0. The van der Waals surface area contributed by atoms with Gasteiger partial charge < -0.3 is 9.74 Å². The smallest absolute Gasteiger partial charge is 0.226 e. The van der Waals surface area contributed by atoms with Crippen molar-refractivity contribution < 1.29 is 9.63 Å². The molecule has 0 spiro atoms. The molecule has 1 heterocycles. The molecular weight excluding hydrogens is 252 g/mol. The van der Waals surface area contributed by atoms with Gasteiger partial charge in [-0.3, -0.25) is 4.79 Å². The first-order chi connectivity index (χ1) is 9.59. The molecule has 1 amide bonds. The first-order valence-electron chi connectivity index (χ1n) is 8.00. The zero-order chi connectivity index (χ0) is 16.0. The highest BCUT2D eigenvalue weighted by molar-refractivity contribution is 5.78. The van der Waals surface area contributed by atoms with Crippen LogP contribution in [0.2, 0.25) is 0 Å². The fraction of sp³-hybridized carbons (Fsp3) is 0.875. The zero-order valence-corrected chi connectivity index (χ0v) is 14.5. The number of hydrogen-bond donors (Lipinski definition) is 0. The molecule has 0 radical (unpaired) electrons. The Hall–Kier alpha value is -1.06. The van der Waals surface area contributed by atoms with Crippen molar-refractivity contribution in [3.63, 3.8) is 0 Å². The zero-order valence-electron chi connectivity index (χ0n) is 14.5. The third kappa shape index (κ3) is 10.8. The number of rotatable bonds is 4. The Balaban J connectivity index is 0. The summed E-state index contributed by atoms with van der Waals surface area (Å²) in [5, 5.41) is 3.80. The number of nitrogens with zero attached hydrogens (tertiary/aromatic N) is 2. The number of hydrogen-bond acceptors (Lipinski definition) is 3. The molecule has 0 atom stereocenters. The van der Waals surface area contributed by atoms with Gasteiger partial charge in [0.15, 0.2) is 0 Å². The lowest BCUT2D eigenvalue weighted by Gasteiger charge is -2.30. The number of carbonyl (C=O) groups excluding carboxylic acids is 1. The molecule has 0 aromatic carbocycles. The summed E-state index contributed by atoms with van der Waals surface area (Å²) >= 11 is 0. The molecule has 0 saturated carbocycles. The largest absolute Gasteiger partial charge is 0.395 e. The third-order valence-corrected chi connectivity index (χ3v) is 2.79. The lowest BCUT2D eigenvalue weighted by molar-refractivity contribution is -0.133. The normalized spacial score (nSPS) is 14.2. The number of amides is 1. The Morgan fingerprint density at radius 3 is 2.10 bits per heavy atom. The standard InChI is InChI=1S/C12H22N2O2.2C2H6/c1-10(2)13-16-9-6-12(15)14-7-4-11(3)5-8-14;2*1-2/h11H,4-9H2,1-3H3;2*1-2H3. The van der Waals surface area contributed by atoms with E-state index in [4.69, 9.17) is 4.84 Å². The monoisotopic (exact) mass is 286 g/mol. The molecule has 1 saturated heterocycles. The van der Waals surface area contributed by atoms with Gasteiger partial charge in [0.05, 0.1) is 12.1 Å². The Bertz CT molecular complexity index is 253. The molecule has 1 aliphatic rings. The van der Waals surface area contributed by atoms with Crippen molar-refractivity contribution in [3.8, 4) is 0 Å². The van der Waals surface area contributed by atoms with Crippen LogP contribution in [0, 0.1) is 5.92 Å². The van der Waals surface area contributed by atoms with Crippen molar-refractivity contribution in [3.05, 3.63) is 0 Å². The fourth-order valence-electron chi connectivity index (χ4n) is 1.72. The molecule has 1 aliphatic heterocycles. The molecule has 0 aromatic heterocycles.